The van der Waals surface area contributed by atoms with Crippen molar-refractivity contribution in [1.29, 1.82) is 5.26 Å². The van der Waals surface area contributed by atoms with E-state index in [0.29, 0.717) is 11.6 Å². The molecular formula is C13H8F3N3. The van der Waals surface area contributed by atoms with Crippen LogP contribution in [0, 0.1) is 35.7 Å². The third kappa shape index (κ3) is 2.50. The number of pyridine rings is 1. The van der Waals surface area contributed by atoms with Gasteiger partial charge in [-0.1, -0.05) is 0 Å². The van der Waals surface area contributed by atoms with Crippen LogP contribution in [-0.2, 0) is 0 Å². The van der Waals surface area contributed by atoms with E-state index in [0.717, 1.165) is 6.07 Å². The minimum Gasteiger partial charge on any atom is -0.337 e. The monoisotopic (exact) mass is 263 g/mol. The average Bonchev–Trinajstić information content (AvgIpc) is 2.35. The second-order valence-electron chi connectivity index (χ2n) is 3.84. The zero-order valence-corrected chi connectivity index (χ0v) is 9.84. The van der Waals surface area contributed by atoms with Crippen molar-refractivity contribution in [1.82, 2.24) is 4.98 Å². The molecule has 1 aromatic carbocycles. The number of hydrogen-bond donors (Lipinski definition) is 1. The van der Waals surface area contributed by atoms with Crippen LogP contribution in [-0.4, -0.2) is 4.98 Å². The molecule has 0 saturated carbocycles. The van der Waals surface area contributed by atoms with Gasteiger partial charge in [-0.3, -0.25) is 0 Å². The van der Waals surface area contributed by atoms with E-state index in [2.05, 4.69) is 10.3 Å². The van der Waals surface area contributed by atoms with Crippen molar-refractivity contribution >= 4 is 11.5 Å². The molecule has 6 heteroatoms. The van der Waals surface area contributed by atoms with Crippen LogP contribution in [0.15, 0.2) is 24.4 Å². The third-order valence-electron chi connectivity index (χ3n) is 2.52. The lowest BCUT2D eigenvalue weighted by Crippen LogP contribution is -2.02. The first-order valence-corrected chi connectivity index (χ1v) is 5.30. The molecule has 1 aromatic heterocycles. The number of aryl methyl sites for hydroxylation is 1. The summed E-state index contributed by atoms with van der Waals surface area (Å²) in [5.41, 5.74) is 0.399. The highest BCUT2D eigenvalue weighted by atomic mass is 19.2. The molecule has 2 rings (SSSR count). The minimum absolute atomic E-state index is 0.0476. The number of nitriles is 1. The minimum atomic E-state index is -1.31. The number of aromatic nitrogens is 1. The third-order valence-corrected chi connectivity index (χ3v) is 2.52. The van der Waals surface area contributed by atoms with Crippen LogP contribution in [0.5, 0.6) is 0 Å². The maximum atomic E-state index is 13.5. The van der Waals surface area contributed by atoms with Crippen molar-refractivity contribution in [3.05, 3.63) is 53.0 Å². The summed E-state index contributed by atoms with van der Waals surface area (Å²) in [6, 6.07) is 4.74. The Morgan fingerprint density at radius 1 is 1.26 bits per heavy atom. The Morgan fingerprint density at radius 2 is 2.00 bits per heavy atom. The lowest BCUT2D eigenvalue weighted by Gasteiger charge is -2.10. The van der Waals surface area contributed by atoms with E-state index < -0.39 is 23.1 Å². The van der Waals surface area contributed by atoms with Crippen molar-refractivity contribution in [2.24, 2.45) is 0 Å². The topological polar surface area (TPSA) is 48.7 Å². The summed E-state index contributed by atoms with van der Waals surface area (Å²) in [5.74, 6) is -3.42. The fraction of sp³-hybridized carbons (Fsp3) is 0.0769. The Bertz CT molecular complexity index is 678. The van der Waals surface area contributed by atoms with Gasteiger partial charge in [0.05, 0.1) is 11.3 Å². The number of rotatable bonds is 2. The van der Waals surface area contributed by atoms with Gasteiger partial charge in [-0.05, 0) is 18.6 Å². The van der Waals surface area contributed by atoms with Gasteiger partial charge in [0.15, 0.2) is 11.6 Å². The molecule has 0 amide bonds. The summed E-state index contributed by atoms with van der Waals surface area (Å²) >= 11 is 0. The summed E-state index contributed by atoms with van der Waals surface area (Å²) in [4.78, 5) is 3.86. The van der Waals surface area contributed by atoms with Gasteiger partial charge in [-0.15, -0.1) is 0 Å². The van der Waals surface area contributed by atoms with Gasteiger partial charge >= 0.3 is 0 Å². The standard InChI is InChI=1S/C13H8F3N3/c1-7-2-3-18-13(9(7)6-17)19-11-5-8(14)4-10(15)12(11)16/h2-5H,1H3,(H,18,19). The van der Waals surface area contributed by atoms with Gasteiger partial charge in [-0.25, -0.2) is 18.2 Å². The highest BCUT2D eigenvalue weighted by molar-refractivity contribution is 5.64. The number of halogens is 3. The Balaban J connectivity index is 2.48. The quantitative estimate of drug-likeness (QED) is 0.844. The number of nitrogens with one attached hydrogen (secondary N) is 1. The predicted octanol–water partition coefficient (Wildman–Crippen LogP) is 3.42. The molecular weight excluding hydrogens is 255 g/mol. The maximum Gasteiger partial charge on any atom is 0.182 e. The number of benzene rings is 1. The van der Waals surface area contributed by atoms with Crippen LogP contribution in [0.1, 0.15) is 11.1 Å². The van der Waals surface area contributed by atoms with Gasteiger partial charge in [0.1, 0.15) is 17.7 Å². The molecule has 0 atom stereocenters. The molecule has 0 fully saturated rings. The van der Waals surface area contributed by atoms with Gasteiger partial charge in [-0.2, -0.15) is 5.26 Å². The van der Waals surface area contributed by atoms with Gasteiger partial charge in [0.25, 0.3) is 0 Å². The lowest BCUT2D eigenvalue weighted by atomic mass is 10.1. The van der Waals surface area contributed by atoms with E-state index in [1.54, 1.807) is 13.0 Å². The molecule has 0 saturated heterocycles. The summed E-state index contributed by atoms with van der Waals surface area (Å²) in [7, 11) is 0. The molecule has 0 aliphatic heterocycles. The molecule has 0 aliphatic rings. The van der Waals surface area contributed by atoms with E-state index in [-0.39, 0.29) is 11.4 Å². The van der Waals surface area contributed by atoms with E-state index in [1.165, 1.54) is 6.20 Å². The molecule has 19 heavy (non-hydrogen) atoms. The van der Waals surface area contributed by atoms with E-state index in [1.807, 2.05) is 6.07 Å². The van der Waals surface area contributed by atoms with Gasteiger partial charge in [0.2, 0.25) is 0 Å². The summed E-state index contributed by atoms with van der Waals surface area (Å²) in [5, 5.41) is 11.4. The van der Waals surface area contributed by atoms with Crippen molar-refractivity contribution in [2.75, 3.05) is 5.32 Å². The van der Waals surface area contributed by atoms with Crippen molar-refractivity contribution in [3.63, 3.8) is 0 Å². The smallest absolute Gasteiger partial charge is 0.182 e. The second kappa shape index (κ2) is 4.98. The normalized spacial score (nSPS) is 10.1. The summed E-state index contributed by atoms with van der Waals surface area (Å²) in [6.45, 7) is 1.67. The molecule has 3 nitrogen and oxygen atoms in total. The van der Waals surface area contributed by atoms with Crippen LogP contribution in [0.3, 0.4) is 0 Å². The molecule has 0 spiro atoms. The Kier molecular flexibility index (Phi) is 3.38. The number of hydrogen-bond acceptors (Lipinski definition) is 3. The van der Waals surface area contributed by atoms with Crippen LogP contribution in [0.2, 0.25) is 0 Å². The number of anilines is 2. The fourth-order valence-electron chi connectivity index (χ4n) is 1.57. The predicted molar refractivity (Wildman–Crippen MR) is 63.3 cm³/mol. The van der Waals surface area contributed by atoms with Gasteiger partial charge in [0, 0.05) is 18.3 Å². The Hall–Kier alpha value is -2.55. The Morgan fingerprint density at radius 3 is 2.68 bits per heavy atom. The fourth-order valence-corrected chi connectivity index (χ4v) is 1.57. The first-order chi connectivity index (χ1) is 9.02. The summed E-state index contributed by atoms with van der Waals surface area (Å²) < 4.78 is 39.6. The molecule has 1 N–H and O–H groups in total. The van der Waals surface area contributed by atoms with Crippen molar-refractivity contribution in [2.45, 2.75) is 6.92 Å². The van der Waals surface area contributed by atoms with Gasteiger partial charge < -0.3 is 5.32 Å². The first kappa shape index (κ1) is 12.9. The van der Waals surface area contributed by atoms with Crippen molar-refractivity contribution in [3.8, 4) is 6.07 Å². The second-order valence-corrected chi connectivity index (χ2v) is 3.84. The Labute approximate surface area is 107 Å². The molecule has 1 heterocycles. The molecule has 0 radical (unpaired) electrons. The van der Waals surface area contributed by atoms with E-state index in [4.69, 9.17) is 5.26 Å². The van der Waals surface area contributed by atoms with E-state index in [9.17, 15) is 13.2 Å². The molecule has 2 aromatic rings. The largest absolute Gasteiger partial charge is 0.337 e. The maximum absolute atomic E-state index is 13.5. The van der Waals surface area contributed by atoms with E-state index >= 15 is 0 Å². The SMILES string of the molecule is Cc1ccnc(Nc2cc(F)cc(F)c2F)c1C#N. The highest BCUT2D eigenvalue weighted by Crippen LogP contribution is 2.25. The molecule has 96 valence electrons. The molecule has 0 unspecified atom stereocenters. The van der Waals surface area contributed by atoms with Crippen LogP contribution >= 0.6 is 0 Å². The zero-order valence-electron chi connectivity index (χ0n) is 9.84. The van der Waals surface area contributed by atoms with Crippen LogP contribution in [0.25, 0.3) is 0 Å². The van der Waals surface area contributed by atoms with Crippen LogP contribution in [0.4, 0.5) is 24.7 Å². The number of nitrogens with zero attached hydrogens (tertiary/aromatic N) is 2. The first-order valence-electron chi connectivity index (χ1n) is 5.30. The average molecular weight is 263 g/mol. The molecule has 0 bridgehead atoms. The molecule has 0 aliphatic carbocycles. The highest BCUT2D eigenvalue weighted by Gasteiger charge is 2.14. The lowest BCUT2D eigenvalue weighted by molar-refractivity contribution is 0.498. The summed E-state index contributed by atoms with van der Waals surface area (Å²) in [6.07, 6.45) is 1.41. The van der Waals surface area contributed by atoms with Crippen LogP contribution < -0.4 is 5.32 Å². The van der Waals surface area contributed by atoms with Crippen molar-refractivity contribution < 1.29 is 13.2 Å². The zero-order chi connectivity index (χ0) is 14.0.